The fourth-order valence-electron chi connectivity index (χ4n) is 3.64. The lowest BCUT2D eigenvalue weighted by atomic mass is 10.0. The molecular weight excluding hydrogens is 381 g/mol. The zero-order chi connectivity index (χ0) is 19.4. The number of carbonyl (C=O) groups excluding carboxylic acids is 1. The molecule has 0 spiro atoms. The highest BCUT2D eigenvalue weighted by atomic mass is 35.5. The van der Waals surface area contributed by atoms with Gasteiger partial charge in [0.2, 0.25) is 0 Å². The minimum Gasteiger partial charge on any atom is -0.378 e. The van der Waals surface area contributed by atoms with Crippen molar-refractivity contribution in [3.63, 3.8) is 0 Å². The number of rotatable bonds is 6. The number of likely N-dealkylation sites (tertiary alicyclic amines) is 1. The van der Waals surface area contributed by atoms with Gasteiger partial charge in [-0.15, -0.1) is 0 Å². The topological polar surface area (TPSA) is 36.8 Å². The van der Waals surface area contributed by atoms with Crippen LogP contribution in [0.3, 0.4) is 0 Å². The maximum atomic E-state index is 12.6. The van der Waals surface area contributed by atoms with E-state index in [1.165, 1.54) is 29.0 Å². The molecule has 4 nitrogen and oxygen atoms in total. The molecule has 0 saturated carbocycles. The van der Waals surface area contributed by atoms with Crippen molar-refractivity contribution >= 4 is 34.8 Å². The van der Waals surface area contributed by atoms with E-state index in [0.717, 1.165) is 13.1 Å². The van der Waals surface area contributed by atoms with Crippen molar-refractivity contribution in [1.29, 1.82) is 0 Å². The minimum atomic E-state index is -0.184. The average molecular weight is 407 g/mol. The molecule has 1 saturated heterocycles. The van der Waals surface area contributed by atoms with E-state index in [2.05, 4.69) is 34.5 Å². The van der Waals surface area contributed by atoms with Gasteiger partial charge in [-0.25, -0.2) is 0 Å². The number of amides is 1. The van der Waals surface area contributed by atoms with Gasteiger partial charge in [0, 0.05) is 43.2 Å². The van der Waals surface area contributed by atoms with E-state index in [9.17, 15) is 4.79 Å². The predicted octanol–water partition coefficient (Wildman–Crippen LogP) is 3.21. The number of hydrogen-bond acceptors (Lipinski definition) is 2. The van der Waals surface area contributed by atoms with Crippen LogP contribution < -0.4 is 15.1 Å². The van der Waals surface area contributed by atoms with Crippen molar-refractivity contribution in [2.45, 2.75) is 18.9 Å². The monoisotopic (exact) mass is 406 g/mol. The molecule has 2 aromatic rings. The number of halogens is 2. The Bertz CT molecular complexity index is 787. The van der Waals surface area contributed by atoms with Crippen LogP contribution in [-0.2, 0) is 0 Å². The first kappa shape index (κ1) is 20.0. The molecule has 1 fully saturated rings. The van der Waals surface area contributed by atoms with E-state index in [-0.39, 0.29) is 11.9 Å². The van der Waals surface area contributed by atoms with Crippen LogP contribution in [0.25, 0.3) is 0 Å². The normalized spacial score (nSPS) is 15.6. The Labute approximate surface area is 171 Å². The van der Waals surface area contributed by atoms with E-state index >= 15 is 0 Å². The van der Waals surface area contributed by atoms with Gasteiger partial charge in [-0.3, -0.25) is 4.79 Å². The summed E-state index contributed by atoms with van der Waals surface area (Å²) in [7, 11) is 4.07. The van der Waals surface area contributed by atoms with Crippen LogP contribution in [0.2, 0.25) is 10.0 Å². The van der Waals surface area contributed by atoms with Crippen molar-refractivity contribution in [1.82, 2.24) is 5.32 Å². The van der Waals surface area contributed by atoms with Gasteiger partial charge in [-0.1, -0.05) is 35.3 Å². The summed E-state index contributed by atoms with van der Waals surface area (Å²) in [5, 5.41) is 3.99. The van der Waals surface area contributed by atoms with E-state index in [1.54, 1.807) is 18.2 Å². The maximum Gasteiger partial charge on any atom is 0.253 e. The van der Waals surface area contributed by atoms with Crippen molar-refractivity contribution in [3.05, 3.63) is 63.6 Å². The summed E-state index contributed by atoms with van der Waals surface area (Å²) >= 11 is 12.2. The van der Waals surface area contributed by atoms with Gasteiger partial charge in [0.05, 0.1) is 30.2 Å². The van der Waals surface area contributed by atoms with Crippen LogP contribution >= 0.6 is 23.2 Å². The fourth-order valence-corrected chi connectivity index (χ4v) is 4.02. The number of nitrogens with zero attached hydrogens (tertiary/aromatic N) is 1. The van der Waals surface area contributed by atoms with E-state index < -0.39 is 0 Å². The van der Waals surface area contributed by atoms with Gasteiger partial charge in [0.1, 0.15) is 6.04 Å². The van der Waals surface area contributed by atoms with Crippen LogP contribution in [0.1, 0.15) is 34.8 Å². The zero-order valence-electron chi connectivity index (χ0n) is 15.8. The van der Waals surface area contributed by atoms with Gasteiger partial charge in [-0.2, -0.15) is 0 Å². The van der Waals surface area contributed by atoms with Crippen LogP contribution in [0.15, 0.2) is 42.5 Å². The van der Waals surface area contributed by atoms with E-state index in [0.29, 0.717) is 22.2 Å². The summed E-state index contributed by atoms with van der Waals surface area (Å²) in [6, 6.07) is 13.8. The molecule has 27 heavy (non-hydrogen) atoms. The fraction of sp³-hybridized carbons (Fsp3) is 0.381. The highest BCUT2D eigenvalue weighted by molar-refractivity contribution is 6.35. The second kappa shape index (κ2) is 8.96. The van der Waals surface area contributed by atoms with Crippen molar-refractivity contribution in [2.24, 2.45) is 0 Å². The standard InChI is InChI=1S/C21H25Cl2N3O/c1-25(2)17-8-5-15(6-9-17)20(26-11-3-4-12-26)14-24-21(27)18-13-16(22)7-10-19(18)23/h5-10,13,20H,3-4,11-12,14H2,1-2H3,(H,24,27)/p+1/t20-/m1/s1. The first-order chi connectivity index (χ1) is 13.0. The Kier molecular flexibility index (Phi) is 6.64. The Hall–Kier alpha value is -1.75. The summed E-state index contributed by atoms with van der Waals surface area (Å²) in [6.07, 6.45) is 2.46. The van der Waals surface area contributed by atoms with Crippen LogP contribution in [0, 0.1) is 0 Å². The molecule has 6 heteroatoms. The zero-order valence-corrected chi connectivity index (χ0v) is 17.3. The van der Waals surface area contributed by atoms with Crippen molar-refractivity contribution in [3.8, 4) is 0 Å². The number of anilines is 1. The molecule has 0 bridgehead atoms. The van der Waals surface area contributed by atoms with Gasteiger partial charge < -0.3 is 15.1 Å². The van der Waals surface area contributed by atoms with Crippen molar-refractivity contribution in [2.75, 3.05) is 38.6 Å². The Morgan fingerprint density at radius 1 is 1.11 bits per heavy atom. The summed E-state index contributed by atoms with van der Waals surface area (Å²) in [5.41, 5.74) is 2.83. The Morgan fingerprint density at radius 3 is 2.41 bits per heavy atom. The van der Waals surface area contributed by atoms with Gasteiger partial charge in [-0.05, 0) is 30.3 Å². The Morgan fingerprint density at radius 2 is 1.78 bits per heavy atom. The summed E-state index contributed by atoms with van der Waals surface area (Å²) < 4.78 is 0. The first-order valence-electron chi connectivity index (χ1n) is 9.31. The lowest BCUT2D eigenvalue weighted by molar-refractivity contribution is -0.918. The molecule has 0 aliphatic carbocycles. The molecule has 2 N–H and O–H groups in total. The predicted molar refractivity (Wildman–Crippen MR) is 112 cm³/mol. The molecule has 144 valence electrons. The molecule has 1 heterocycles. The summed E-state index contributed by atoms with van der Waals surface area (Å²) in [6.45, 7) is 2.83. The van der Waals surface area contributed by atoms with E-state index in [1.807, 2.05) is 14.1 Å². The van der Waals surface area contributed by atoms with Gasteiger partial charge >= 0.3 is 0 Å². The molecule has 1 atom stereocenters. The summed E-state index contributed by atoms with van der Waals surface area (Å²) in [4.78, 5) is 16.2. The lowest BCUT2D eigenvalue weighted by Crippen LogP contribution is -3.11. The number of nitrogens with one attached hydrogen (secondary N) is 2. The molecule has 0 unspecified atom stereocenters. The molecule has 3 rings (SSSR count). The number of carbonyl (C=O) groups is 1. The third kappa shape index (κ3) is 4.95. The summed E-state index contributed by atoms with van der Waals surface area (Å²) in [5.74, 6) is -0.184. The number of hydrogen-bond donors (Lipinski definition) is 2. The first-order valence-corrected chi connectivity index (χ1v) is 10.1. The van der Waals surface area contributed by atoms with E-state index in [4.69, 9.17) is 23.2 Å². The molecule has 0 aromatic heterocycles. The van der Waals surface area contributed by atoms with Crippen LogP contribution in [-0.4, -0.2) is 39.6 Å². The smallest absolute Gasteiger partial charge is 0.253 e. The second-order valence-electron chi connectivity index (χ2n) is 7.24. The van der Waals surface area contributed by atoms with Crippen LogP contribution in [0.5, 0.6) is 0 Å². The molecule has 1 aliphatic rings. The van der Waals surface area contributed by atoms with Crippen LogP contribution in [0.4, 0.5) is 5.69 Å². The lowest BCUT2D eigenvalue weighted by Gasteiger charge is -2.26. The molecule has 1 amide bonds. The second-order valence-corrected chi connectivity index (χ2v) is 8.08. The van der Waals surface area contributed by atoms with Gasteiger partial charge in [0.15, 0.2) is 0 Å². The quantitative estimate of drug-likeness (QED) is 0.772. The SMILES string of the molecule is CN(C)c1ccc([C@@H](CNC(=O)c2cc(Cl)ccc2Cl)[NH+]2CCCC2)cc1. The average Bonchev–Trinajstić information content (AvgIpc) is 3.18. The minimum absolute atomic E-state index is 0.184. The third-order valence-corrected chi connectivity index (χ3v) is 5.75. The van der Waals surface area contributed by atoms with Gasteiger partial charge in [0.25, 0.3) is 5.91 Å². The molecular formula is C21H26Cl2N3O+. The number of benzene rings is 2. The molecule has 2 aromatic carbocycles. The number of quaternary nitrogens is 1. The molecule has 1 aliphatic heterocycles. The third-order valence-electron chi connectivity index (χ3n) is 5.19. The Balaban J connectivity index is 1.75. The van der Waals surface area contributed by atoms with Crippen molar-refractivity contribution < 1.29 is 9.69 Å². The maximum absolute atomic E-state index is 12.6. The largest absolute Gasteiger partial charge is 0.378 e. The highest BCUT2D eigenvalue weighted by Crippen LogP contribution is 2.21. The molecule has 0 radical (unpaired) electrons. The highest BCUT2D eigenvalue weighted by Gasteiger charge is 2.28.